The second-order valence-electron chi connectivity index (χ2n) is 4.37. The minimum Gasteiger partial charge on any atom is -0.493 e. The largest absolute Gasteiger partial charge is 0.493 e. The van der Waals surface area contributed by atoms with Crippen molar-refractivity contribution < 1.29 is 9.66 Å². The highest BCUT2D eigenvalue weighted by atomic mass is 32.1. The Morgan fingerprint density at radius 1 is 1.25 bits per heavy atom. The number of nitro groups is 1. The Morgan fingerprint density at radius 3 is 2.85 bits per heavy atom. The number of nitrogens with zero attached hydrogens (tertiary/aromatic N) is 2. The van der Waals surface area contributed by atoms with Crippen molar-refractivity contribution in [2.75, 3.05) is 12.4 Å². The molecule has 0 aliphatic heterocycles. The van der Waals surface area contributed by atoms with Gasteiger partial charge in [-0.3, -0.25) is 10.1 Å². The summed E-state index contributed by atoms with van der Waals surface area (Å²) in [5.74, 6) is 1.52. The number of rotatable bonds is 7. The molecule has 0 saturated carbocycles. The van der Waals surface area contributed by atoms with E-state index in [1.165, 1.54) is 6.07 Å². The van der Waals surface area contributed by atoms with Crippen molar-refractivity contribution in [1.29, 1.82) is 0 Å². The number of pyridine rings is 1. The summed E-state index contributed by atoms with van der Waals surface area (Å²) in [6.45, 7) is 0.593. The lowest BCUT2D eigenvalue weighted by atomic mass is 10.1. The van der Waals surface area contributed by atoms with E-state index in [4.69, 9.17) is 4.74 Å². The summed E-state index contributed by atoms with van der Waals surface area (Å²) in [6.07, 6.45) is 4.62. The fraction of sp³-hybridized carbons (Fsp3) is 0.357. The molecule has 2 rings (SSSR count). The number of fused-ring (bicyclic) bond motifs is 1. The SMILES string of the molecule is O=[N+]([O-])c1ccc(OCCCCCS)c2cccnc12. The number of non-ortho nitro benzene ring substituents is 1. The summed E-state index contributed by atoms with van der Waals surface area (Å²) in [6, 6.07) is 6.62. The van der Waals surface area contributed by atoms with Crippen LogP contribution < -0.4 is 4.74 Å². The van der Waals surface area contributed by atoms with E-state index in [-0.39, 0.29) is 5.69 Å². The summed E-state index contributed by atoms with van der Waals surface area (Å²) >= 11 is 4.16. The Hall–Kier alpha value is -1.82. The molecule has 0 N–H and O–H groups in total. The molecule has 5 nitrogen and oxygen atoms in total. The van der Waals surface area contributed by atoms with Gasteiger partial charge >= 0.3 is 0 Å². The normalized spacial score (nSPS) is 10.7. The van der Waals surface area contributed by atoms with E-state index in [1.807, 2.05) is 0 Å². The Balaban J connectivity index is 2.18. The summed E-state index contributed by atoms with van der Waals surface area (Å²) in [5.41, 5.74) is 0.369. The summed E-state index contributed by atoms with van der Waals surface area (Å²) < 4.78 is 5.71. The lowest BCUT2D eigenvalue weighted by Crippen LogP contribution is -1.99. The van der Waals surface area contributed by atoms with Crippen molar-refractivity contribution in [3.05, 3.63) is 40.6 Å². The van der Waals surface area contributed by atoms with Gasteiger partial charge in [0, 0.05) is 17.6 Å². The number of benzene rings is 1. The van der Waals surface area contributed by atoms with Crippen LogP contribution in [-0.4, -0.2) is 22.3 Å². The first-order chi connectivity index (χ1) is 9.74. The van der Waals surface area contributed by atoms with Gasteiger partial charge in [-0.25, -0.2) is 4.98 Å². The summed E-state index contributed by atoms with van der Waals surface area (Å²) in [4.78, 5) is 14.6. The van der Waals surface area contributed by atoms with Gasteiger partial charge in [-0.2, -0.15) is 12.6 Å². The van der Waals surface area contributed by atoms with Crippen LogP contribution in [0.2, 0.25) is 0 Å². The average molecular weight is 292 g/mol. The van der Waals surface area contributed by atoms with Crippen molar-refractivity contribution in [2.24, 2.45) is 0 Å². The zero-order valence-electron chi connectivity index (χ0n) is 11.0. The van der Waals surface area contributed by atoms with Crippen LogP contribution in [0.5, 0.6) is 5.75 Å². The molecule has 0 radical (unpaired) electrons. The first kappa shape index (κ1) is 14.6. The van der Waals surface area contributed by atoms with Gasteiger partial charge in [0.1, 0.15) is 5.75 Å². The van der Waals surface area contributed by atoms with Crippen LogP contribution in [0.25, 0.3) is 10.9 Å². The van der Waals surface area contributed by atoms with Crippen LogP contribution in [-0.2, 0) is 0 Å². The van der Waals surface area contributed by atoms with Gasteiger partial charge in [-0.15, -0.1) is 0 Å². The number of ether oxygens (including phenoxy) is 1. The van der Waals surface area contributed by atoms with Gasteiger partial charge < -0.3 is 4.74 Å². The molecule has 20 heavy (non-hydrogen) atoms. The van der Waals surface area contributed by atoms with Crippen molar-refractivity contribution in [3.8, 4) is 5.75 Å². The minimum atomic E-state index is -0.425. The standard InChI is InChI=1S/C14H16N2O3S/c17-16(18)12-6-7-13(19-9-2-1-3-10-20)11-5-4-8-15-14(11)12/h4-8,20H,1-3,9-10H2. The quantitative estimate of drug-likeness (QED) is 0.366. The van der Waals surface area contributed by atoms with E-state index in [1.54, 1.807) is 24.4 Å². The number of aromatic nitrogens is 1. The molecule has 1 aromatic carbocycles. The van der Waals surface area contributed by atoms with E-state index >= 15 is 0 Å². The third kappa shape index (κ3) is 3.39. The third-order valence-corrected chi connectivity index (χ3v) is 3.28. The van der Waals surface area contributed by atoms with Crippen LogP contribution >= 0.6 is 12.6 Å². The molecule has 6 heteroatoms. The Labute approximate surface area is 122 Å². The highest BCUT2D eigenvalue weighted by molar-refractivity contribution is 7.80. The molecule has 0 unspecified atom stereocenters. The monoisotopic (exact) mass is 292 g/mol. The van der Waals surface area contributed by atoms with Crippen molar-refractivity contribution in [3.63, 3.8) is 0 Å². The fourth-order valence-corrected chi connectivity index (χ4v) is 2.20. The summed E-state index contributed by atoms with van der Waals surface area (Å²) in [7, 11) is 0. The molecule has 0 aliphatic carbocycles. The van der Waals surface area contributed by atoms with E-state index in [2.05, 4.69) is 17.6 Å². The van der Waals surface area contributed by atoms with E-state index in [9.17, 15) is 10.1 Å². The van der Waals surface area contributed by atoms with Gasteiger partial charge in [-0.05, 0) is 43.2 Å². The highest BCUT2D eigenvalue weighted by Crippen LogP contribution is 2.31. The third-order valence-electron chi connectivity index (χ3n) is 2.97. The lowest BCUT2D eigenvalue weighted by molar-refractivity contribution is -0.383. The molecular weight excluding hydrogens is 276 g/mol. The Kier molecular flexibility index (Phi) is 5.17. The molecule has 0 spiro atoms. The Bertz CT molecular complexity index is 604. The van der Waals surface area contributed by atoms with Gasteiger partial charge in [0.2, 0.25) is 0 Å². The molecule has 0 saturated heterocycles. The van der Waals surface area contributed by atoms with Gasteiger partial charge in [0.05, 0.1) is 11.5 Å². The predicted octanol–water partition coefficient (Wildman–Crippen LogP) is 3.62. The smallest absolute Gasteiger partial charge is 0.295 e. The van der Waals surface area contributed by atoms with Crippen LogP contribution in [0, 0.1) is 10.1 Å². The van der Waals surface area contributed by atoms with Crippen molar-refractivity contribution >= 4 is 29.2 Å². The molecular formula is C14H16N2O3S. The molecule has 106 valence electrons. The molecule has 1 heterocycles. The van der Waals surface area contributed by atoms with Gasteiger partial charge in [0.15, 0.2) is 5.52 Å². The maximum Gasteiger partial charge on any atom is 0.295 e. The average Bonchev–Trinajstić information content (AvgIpc) is 2.46. The van der Waals surface area contributed by atoms with Crippen LogP contribution in [0.15, 0.2) is 30.5 Å². The fourth-order valence-electron chi connectivity index (χ4n) is 1.98. The number of thiol groups is 1. The van der Waals surface area contributed by atoms with E-state index < -0.39 is 4.92 Å². The maximum atomic E-state index is 11.0. The molecule has 0 bridgehead atoms. The second-order valence-corrected chi connectivity index (χ2v) is 4.82. The topological polar surface area (TPSA) is 65.3 Å². The second kappa shape index (κ2) is 7.09. The maximum absolute atomic E-state index is 11.0. The van der Waals surface area contributed by atoms with Crippen LogP contribution in [0.3, 0.4) is 0 Å². The van der Waals surface area contributed by atoms with Crippen LogP contribution in [0.4, 0.5) is 5.69 Å². The zero-order valence-corrected chi connectivity index (χ0v) is 11.9. The molecule has 0 amide bonds. The first-order valence-corrected chi connectivity index (χ1v) is 7.13. The van der Waals surface area contributed by atoms with E-state index in [0.29, 0.717) is 23.3 Å². The molecule has 0 fully saturated rings. The summed E-state index contributed by atoms with van der Waals surface area (Å²) in [5, 5.41) is 11.7. The van der Waals surface area contributed by atoms with Gasteiger partial charge in [0.25, 0.3) is 5.69 Å². The van der Waals surface area contributed by atoms with Crippen molar-refractivity contribution in [2.45, 2.75) is 19.3 Å². The highest BCUT2D eigenvalue weighted by Gasteiger charge is 2.15. The van der Waals surface area contributed by atoms with E-state index in [0.717, 1.165) is 25.0 Å². The number of hydrogen-bond donors (Lipinski definition) is 1. The number of unbranched alkanes of at least 4 members (excludes halogenated alkanes) is 2. The zero-order chi connectivity index (χ0) is 14.4. The lowest BCUT2D eigenvalue weighted by Gasteiger charge is -2.09. The van der Waals surface area contributed by atoms with Gasteiger partial charge in [-0.1, -0.05) is 0 Å². The number of hydrogen-bond acceptors (Lipinski definition) is 5. The van der Waals surface area contributed by atoms with Crippen molar-refractivity contribution in [1.82, 2.24) is 4.98 Å². The first-order valence-electron chi connectivity index (χ1n) is 6.50. The molecule has 0 aliphatic rings. The minimum absolute atomic E-state index is 0.00280. The van der Waals surface area contributed by atoms with Crippen LogP contribution in [0.1, 0.15) is 19.3 Å². The molecule has 0 atom stereocenters. The number of nitro benzene ring substituents is 1. The molecule has 2 aromatic rings. The predicted molar refractivity (Wildman–Crippen MR) is 81.6 cm³/mol. The molecule has 1 aromatic heterocycles. The Morgan fingerprint density at radius 2 is 2.10 bits per heavy atom.